The van der Waals surface area contributed by atoms with Crippen LogP contribution in [0.4, 0.5) is 19.0 Å². The topological polar surface area (TPSA) is 43.8 Å². The highest BCUT2D eigenvalue weighted by Crippen LogP contribution is 2.33. The molecule has 0 spiro atoms. The summed E-state index contributed by atoms with van der Waals surface area (Å²) in [6.45, 7) is 1.61. The Kier molecular flexibility index (Phi) is 2.23. The lowest BCUT2D eigenvalue weighted by molar-refractivity contribution is -0.142. The fraction of sp³-hybridized carbons (Fsp3) is 0.571. The van der Waals surface area contributed by atoms with Gasteiger partial charge in [0.2, 0.25) is 0 Å². The normalized spacial score (nSPS) is 12.1. The standard InChI is InChI=1S/C7H10F3N3/c1-3-4-5(7(8,9)10)12-13(2)6(4)11/h3,11H2,1-2H3. The Labute approximate surface area is 73.3 Å². The van der Waals surface area contributed by atoms with E-state index in [1.807, 2.05) is 0 Å². The fourth-order valence-corrected chi connectivity index (χ4v) is 1.16. The number of halogens is 3. The van der Waals surface area contributed by atoms with Gasteiger partial charge in [-0.05, 0) is 6.42 Å². The van der Waals surface area contributed by atoms with Crippen LogP contribution in [0.1, 0.15) is 18.2 Å². The van der Waals surface area contributed by atoms with Crippen LogP contribution in [0.15, 0.2) is 0 Å². The number of rotatable bonds is 1. The number of hydrogen-bond acceptors (Lipinski definition) is 2. The van der Waals surface area contributed by atoms with Crippen molar-refractivity contribution in [2.45, 2.75) is 19.5 Å². The van der Waals surface area contributed by atoms with Crippen LogP contribution in [-0.4, -0.2) is 9.78 Å². The Morgan fingerprint density at radius 2 is 2.00 bits per heavy atom. The molecule has 0 amide bonds. The first-order valence-corrected chi connectivity index (χ1v) is 3.76. The molecule has 0 aliphatic rings. The number of alkyl halides is 3. The molecular formula is C7H10F3N3. The maximum atomic E-state index is 12.3. The molecule has 1 aromatic rings. The second-order valence-electron chi connectivity index (χ2n) is 2.69. The number of nitrogen functional groups attached to an aromatic ring is 1. The van der Waals surface area contributed by atoms with E-state index in [1.54, 1.807) is 6.92 Å². The van der Waals surface area contributed by atoms with Gasteiger partial charge in [-0.25, -0.2) is 0 Å². The van der Waals surface area contributed by atoms with Crippen LogP contribution in [0, 0.1) is 0 Å². The molecule has 1 rings (SSSR count). The Hall–Kier alpha value is -1.20. The summed E-state index contributed by atoms with van der Waals surface area (Å²) in [4.78, 5) is 0. The molecule has 0 radical (unpaired) electrons. The predicted octanol–water partition coefficient (Wildman–Crippen LogP) is 1.58. The maximum Gasteiger partial charge on any atom is 0.435 e. The molecule has 0 unspecified atom stereocenters. The van der Waals surface area contributed by atoms with Gasteiger partial charge in [0.1, 0.15) is 5.82 Å². The van der Waals surface area contributed by atoms with Crippen molar-refractivity contribution >= 4 is 5.82 Å². The highest BCUT2D eigenvalue weighted by Gasteiger charge is 2.37. The molecule has 2 N–H and O–H groups in total. The Balaban J connectivity index is 3.30. The van der Waals surface area contributed by atoms with E-state index in [1.165, 1.54) is 7.05 Å². The third-order valence-corrected chi connectivity index (χ3v) is 1.82. The first-order chi connectivity index (χ1) is 5.88. The highest BCUT2D eigenvalue weighted by atomic mass is 19.4. The molecule has 0 saturated heterocycles. The molecule has 3 nitrogen and oxygen atoms in total. The zero-order valence-corrected chi connectivity index (χ0v) is 7.31. The minimum absolute atomic E-state index is 0.0648. The second-order valence-corrected chi connectivity index (χ2v) is 2.69. The van der Waals surface area contributed by atoms with Gasteiger partial charge in [-0.15, -0.1) is 0 Å². The lowest BCUT2D eigenvalue weighted by Crippen LogP contribution is -2.09. The van der Waals surface area contributed by atoms with Crippen molar-refractivity contribution in [3.63, 3.8) is 0 Å². The predicted molar refractivity (Wildman–Crippen MR) is 42.0 cm³/mol. The smallest absolute Gasteiger partial charge is 0.384 e. The van der Waals surface area contributed by atoms with E-state index < -0.39 is 11.9 Å². The van der Waals surface area contributed by atoms with Crippen LogP contribution in [0.5, 0.6) is 0 Å². The molecule has 0 fully saturated rings. The van der Waals surface area contributed by atoms with Gasteiger partial charge in [-0.1, -0.05) is 6.92 Å². The molecule has 6 heteroatoms. The highest BCUT2D eigenvalue weighted by molar-refractivity contribution is 5.44. The molecule has 74 valence electrons. The van der Waals surface area contributed by atoms with Gasteiger partial charge in [0, 0.05) is 12.6 Å². The van der Waals surface area contributed by atoms with Crippen molar-refractivity contribution in [2.75, 3.05) is 5.73 Å². The third-order valence-electron chi connectivity index (χ3n) is 1.82. The van der Waals surface area contributed by atoms with E-state index in [2.05, 4.69) is 5.10 Å². The summed E-state index contributed by atoms with van der Waals surface area (Å²) >= 11 is 0. The summed E-state index contributed by atoms with van der Waals surface area (Å²) in [6.07, 6.45) is -4.19. The van der Waals surface area contributed by atoms with Crippen molar-refractivity contribution in [1.82, 2.24) is 9.78 Å². The maximum absolute atomic E-state index is 12.3. The number of aryl methyl sites for hydroxylation is 1. The first-order valence-electron chi connectivity index (χ1n) is 3.76. The minimum Gasteiger partial charge on any atom is -0.384 e. The average molecular weight is 193 g/mol. The Bertz CT molecular complexity index is 314. The molecule has 0 aliphatic heterocycles. The van der Waals surface area contributed by atoms with Crippen LogP contribution < -0.4 is 5.73 Å². The van der Waals surface area contributed by atoms with E-state index in [9.17, 15) is 13.2 Å². The number of nitrogens with two attached hydrogens (primary N) is 1. The number of aromatic nitrogens is 2. The van der Waals surface area contributed by atoms with Gasteiger partial charge >= 0.3 is 6.18 Å². The molecule has 0 atom stereocenters. The van der Waals surface area contributed by atoms with Crippen molar-refractivity contribution < 1.29 is 13.2 Å². The van der Waals surface area contributed by atoms with Gasteiger partial charge in [0.05, 0.1) is 0 Å². The van der Waals surface area contributed by atoms with Crippen LogP contribution in [0.25, 0.3) is 0 Å². The quantitative estimate of drug-likeness (QED) is 0.735. The summed E-state index contributed by atoms with van der Waals surface area (Å²) in [5.41, 5.74) is 4.60. The summed E-state index contributed by atoms with van der Waals surface area (Å²) in [5.74, 6) is 0.0785. The molecule has 13 heavy (non-hydrogen) atoms. The molecule has 0 aromatic carbocycles. The minimum atomic E-state index is -4.42. The fourth-order valence-electron chi connectivity index (χ4n) is 1.16. The molecule has 0 bridgehead atoms. The molecular weight excluding hydrogens is 183 g/mol. The summed E-state index contributed by atoms with van der Waals surface area (Å²) in [7, 11) is 1.39. The summed E-state index contributed by atoms with van der Waals surface area (Å²) in [5, 5.41) is 3.32. The van der Waals surface area contributed by atoms with E-state index in [0.29, 0.717) is 0 Å². The average Bonchev–Trinajstić information content (AvgIpc) is 2.28. The molecule has 1 aromatic heterocycles. The largest absolute Gasteiger partial charge is 0.435 e. The van der Waals surface area contributed by atoms with E-state index in [4.69, 9.17) is 5.73 Å². The zero-order chi connectivity index (χ0) is 10.2. The SMILES string of the molecule is CCc1c(C(F)(F)F)nn(C)c1N. The molecule has 1 heterocycles. The Morgan fingerprint density at radius 1 is 1.46 bits per heavy atom. The van der Waals surface area contributed by atoms with Crippen molar-refractivity contribution in [1.29, 1.82) is 0 Å². The van der Waals surface area contributed by atoms with Crippen LogP contribution in [-0.2, 0) is 19.6 Å². The number of nitrogens with zero attached hydrogens (tertiary/aromatic N) is 2. The second kappa shape index (κ2) is 2.93. The van der Waals surface area contributed by atoms with Crippen LogP contribution in [0.2, 0.25) is 0 Å². The van der Waals surface area contributed by atoms with Crippen LogP contribution in [0.3, 0.4) is 0 Å². The summed E-state index contributed by atoms with van der Waals surface area (Å²) in [6, 6.07) is 0. The van der Waals surface area contributed by atoms with Crippen molar-refractivity contribution in [3.05, 3.63) is 11.3 Å². The third kappa shape index (κ3) is 1.61. The first kappa shape index (κ1) is 9.88. The van der Waals surface area contributed by atoms with Gasteiger partial charge in [-0.3, -0.25) is 4.68 Å². The number of hydrogen-bond donors (Lipinski definition) is 1. The van der Waals surface area contributed by atoms with E-state index >= 15 is 0 Å². The van der Waals surface area contributed by atoms with E-state index in [-0.39, 0.29) is 17.8 Å². The monoisotopic (exact) mass is 193 g/mol. The van der Waals surface area contributed by atoms with Crippen LogP contribution >= 0.6 is 0 Å². The molecule has 0 saturated carbocycles. The van der Waals surface area contributed by atoms with Gasteiger partial charge in [0.15, 0.2) is 5.69 Å². The van der Waals surface area contributed by atoms with Gasteiger partial charge in [-0.2, -0.15) is 18.3 Å². The lowest BCUT2D eigenvalue weighted by atomic mass is 10.2. The molecule has 0 aliphatic carbocycles. The van der Waals surface area contributed by atoms with Gasteiger partial charge < -0.3 is 5.73 Å². The van der Waals surface area contributed by atoms with Crippen molar-refractivity contribution in [2.24, 2.45) is 7.05 Å². The van der Waals surface area contributed by atoms with E-state index in [0.717, 1.165) is 4.68 Å². The Morgan fingerprint density at radius 3 is 2.31 bits per heavy atom. The summed E-state index contributed by atoms with van der Waals surface area (Å²) < 4.78 is 37.9. The van der Waals surface area contributed by atoms with Crippen molar-refractivity contribution in [3.8, 4) is 0 Å². The number of anilines is 1. The zero-order valence-electron chi connectivity index (χ0n) is 7.31. The van der Waals surface area contributed by atoms with Gasteiger partial charge in [0.25, 0.3) is 0 Å². The lowest BCUT2D eigenvalue weighted by Gasteiger charge is -2.03.